The van der Waals surface area contributed by atoms with Crippen molar-refractivity contribution >= 4 is 5.69 Å². The third-order valence-corrected chi connectivity index (χ3v) is 3.92. The van der Waals surface area contributed by atoms with Gasteiger partial charge in [-0.2, -0.15) is 0 Å². The minimum atomic E-state index is -0.372. The van der Waals surface area contributed by atoms with Gasteiger partial charge in [-0.25, -0.2) is 4.68 Å². The lowest BCUT2D eigenvalue weighted by atomic mass is 10.0. The summed E-state index contributed by atoms with van der Waals surface area (Å²) in [7, 11) is 1.69. The predicted octanol–water partition coefficient (Wildman–Crippen LogP) is 1.04. The molecule has 1 atom stereocenters. The van der Waals surface area contributed by atoms with Crippen molar-refractivity contribution in [3.05, 3.63) is 23.8 Å². The van der Waals surface area contributed by atoms with E-state index in [1.807, 2.05) is 25.1 Å². The first kappa shape index (κ1) is 14.0. The van der Waals surface area contributed by atoms with E-state index in [2.05, 4.69) is 15.5 Å². The van der Waals surface area contributed by atoms with Crippen molar-refractivity contribution in [2.45, 2.75) is 25.5 Å². The van der Waals surface area contributed by atoms with Crippen LogP contribution in [0, 0.1) is 6.92 Å². The average molecular weight is 289 g/mol. The van der Waals surface area contributed by atoms with Crippen molar-refractivity contribution in [1.29, 1.82) is 0 Å². The van der Waals surface area contributed by atoms with Gasteiger partial charge in [-0.3, -0.25) is 0 Å². The third-order valence-electron chi connectivity index (χ3n) is 3.92. The fourth-order valence-corrected chi connectivity index (χ4v) is 2.58. The summed E-state index contributed by atoms with van der Waals surface area (Å²) >= 11 is 0. The SMILES string of the molecule is COC1(Cn2nnnc2-c2cc(C)ccc2N)CCOC1. The molecule has 1 aromatic heterocycles. The highest BCUT2D eigenvalue weighted by atomic mass is 16.5. The van der Waals surface area contributed by atoms with Gasteiger partial charge in [0.2, 0.25) is 0 Å². The summed E-state index contributed by atoms with van der Waals surface area (Å²) in [6, 6.07) is 5.82. The van der Waals surface area contributed by atoms with Crippen molar-refractivity contribution in [1.82, 2.24) is 20.2 Å². The first-order chi connectivity index (χ1) is 10.1. The molecule has 1 aliphatic heterocycles. The van der Waals surface area contributed by atoms with Gasteiger partial charge >= 0.3 is 0 Å². The number of rotatable bonds is 4. The van der Waals surface area contributed by atoms with Gasteiger partial charge in [0.1, 0.15) is 5.60 Å². The number of aromatic nitrogens is 4. The smallest absolute Gasteiger partial charge is 0.184 e. The van der Waals surface area contributed by atoms with Gasteiger partial charge in [0, 0.05) is 31.4 Å². The van der Waals surface area contributed by atoms with Crippen LogP contribution in [0.25, 0.3) is 11.4 Å². The lowest BCUT2D eigenvalue weighted by Gasteiger charge is -2.25. The van der Waals surface area contributed by atoms with Crippen LogP contribution in [0.5, 0.6) is 0 Å². The van der Waals surface area contributed by atoms with Gasteiger partial charge in [0.05, 0.1) is 13.2 Å². The number of hydrogen-bond acceptors (Lipinski definition) is 6. The van der Waals surface area contributed by atoms with Gasteiger partial charge in [-0.15, -0.1) is 5.10 Å². The Morgan fingerprint density at radius 3 is 3.05 bits per heavy atom. The van der Waals surface area contributed by atoms with E-state index in [1.165, 1.54) is 0 Å². The molecule has 0 aliphatic carbocycles. The summed E-state index contributed by atoms with van der Waals surface area (Å²) in [5.41, 5.74) is 8.29. The van der Waals surface area contributed by atoms with Gasteiger partial charge in [-0.05, 0) is 29.5 Å². The van der Waals surface area contributed by atoms with Crippen LogP contribution in [-0.2, 0) is 16.0 Å². The van der Waals surface area contributed by atoms with E-state index in [4.69, 9.17) is 15.2 Å². The molecule has 2 N–H and O–H groups in total. The molecule has 1 saturated heterocycles. The zero-order valence-electron chi connectivity index (χ0n) is 12.2. The predicted molar refractivity (Wildman–Crippen MR) is 77.6 cm³/mol. The molecule has 1 aliphatic rings. The van der Waals surface area contributed by atoms with Crippen molar-refractivity contribution in [3.8, 4) is 11.4 Å². The Morgan fingerprint density at radius 1 is 1.48 bits per heavy atom. The second-order valence-corrected chi connectivity index (χ2v) is 5.44. The van der Waals surface area contributed by atoms with Crippen LogP contribution >= 0.6 is 0 Å². The number of anilines is 1. The number of benzene rings is 1. The van der Waals surface area contributed by atoms with Crippen molar-refractivity contribution in [3.63, 3.8) is 0 Å². The molecule has 3 rings (SSSR count). The fraction of sp³-hybridized carbons (Fsp3) is 0.500. The van der Waals surface area contributed by atoms with Crippen LogP contribution in [0.15, 0.2) is 18.2 Å². The molecule has 2 heterocycles. The lowest BCUT2D eigenvalue weighted by Crippen LogP contribution is -2.37. The molecule has 7 heteroatoms. The molecule has 112 valence electrons. The second kappa shape index (κ2) is 5.42. The van der Waals surface area contributed by atoms with Crippen LogP contribution in [0.1, 0.15) is 12.0 Å². The summed E-state index contributed by atoms with van der Waals surface area (Å²) in [5, 5.41) is 12.0. The summed E-state index contributed by atoms with van der Waals surface area (Å²) in [5.74, 6) is 0.652. The lowest BCUT2D eigenvalue weighted by molar-refractivity contribution is -0.0317. The zero-order valence-corrected chi connectivity index (χ0v) is 12.2. The minimum absolute atomic E-state index is 0.372. The first-order valence-electron chi connectivity index (χ1n) is 6.89. The maximum Gasteiger partial charge on any atom is 0.184 e. The van der Waals surface area contributed by atoms with Crippen molar-refractivity contribution in [2.24, 2.45) is 0 Å². The minimum Gasteiger partial charge on any atom is -0.398 e. The molecule has 1 unspecified atom stereocenters. The Morgan fingerprint density at radius 2 is 2.33 bits per heavy atom. The van der Waals surface area contributed by atoms with Crippen LogP contribution in [-0.4, -0.2) is 46.1 Å². The monoisotopic (exact) mass is 289 g/mol. The standard InChI is InChI=1S/C14H19N5O2/c1-10-3-4-12(15)11(7-10)13-16-17-18-19(13)8-14(20-2)5-6-21-9-14/h3-4,7H,5-6,8-9,15H2,1-2H3. The van der Waals surface area contributed by atoms with E-state index in [9.17, 15) is 0 Å². The second-order valence-electron chi connectivity index (χ2n) is 5.44. The van der Waals surface area contributed by atoms with Crippen molar-refractivity contribution in [2.75, 3.05) is 26.1 Å². The molecular weight excluding hydrogens is 270 g/mol. The van der Waals surface area contributed by atoms with Gasteiger partial charge in [0.25, 0.3) is 0 Å². The fourth-order valence-electron chi connectivity index (χ4n) is 2.58. The number of nitrogens with zero attached hydrogens (tertiary/aromatic N) is 4. The Kier molecular flexibility index (Phi) is 3.60. The van der Waals surface area contributed by atoms with Gasteiger partial charge < -0.3 is 15.2 Å². The number of nitrogen functional groups attached to an aromatic ring is 1. The number of aryl methyl sites for hydroxylation is 1. The normalized spacial score (nSPS) is 21.8. The molecule has 1 aromatic carbocycles. The Labute approximate surface area is 123 Å². The van der Waals surface area contributed by atoms with E-state index in [1.54, 1.807) is 11.8 Å². The Balaban J connectivity index is 1.96. The van der Waals surface area contributed by atoms with Crippen LogP contribution in [0.3, 0.4) is 0 Å². The molecule has 7 nitrogen and oxygen atoms in total. The van der Waals surface area contributed by atoms with Crippen LogP contribution < -0.4 is 5.73 Å². The third kappa shape index (κ3) is 2.62. The summed E-state index contributed by atoms with van der Waals surface area (Å²) in [4.78, 5) is 0. The Bertz CT molecular complexity index is 634. The van der Waals surface area contributed by atoms with Crippen LogP contribution in [0.4, 0.5) is 5.69 Å². The molecule has 1 fully saturated rings. The molecule has 21 heavy (non-hydrogen) atoms. The molecule has 0 spiro atoms. The first-order valence-corrected chi connectivity index (χ1v) is 6.89. The Hall–Kier alpha value is -1.99. The molecule has 0 radical (unpaired) electrons. The summed E-state index contributed by atoms with van der Waals surface area (Å²) in [6.07, 6.45) is 0.825. The summed E-state index contributed by atoms with van der Waals surface area (Å²) in [6.45, 7) is 3.79. The highest BCUT2D eigenvalue weighted by molar-refractivity contribution is 5.72. The highest BCUT2D eigenvalue weighted by Gasteiger charge is 2.36. The molecule has 2 aromatic rings. The maximum atomic E-state index is 6.06. The quantitative estimate of drug-likeness (QED) is 0.846. The number of ether oxygens (including phenoxy) is 2. The molecule has 0 saturated carbocycles. The number of hydrogen-bond donors (Lipinski definition) is 1. The topological polar surface area (TPSA) is 88.1 Å². The highest BCUT2D eigenvalue weighted by Crippen LogP contribution is 2.28. The van der Waals surface area contributed by atoms with E-state index < -0.39 is 0 Å². The molecule has 0 bridgehead atoms. The zero-order chi connectivity index (χ0) is 14.9. The van der Waals surface area contributed by atoms with E-state index in [0.717, 1.165) is 17.5 Å². The van der Waals surface area contributed by atoms with E-state index in [0.29, 0.717) is 31.3 Å². The number of tetrazole rings is 1. The number of nitrogens with two attached hydrogens (primary N) is 1. The van der Waals surface area contributed by atoms with E-state index in [-0.39, 0.29) is 5.60 Å². The van der Waals surface area contributed by atoms with Crippen LogP contribution in [0.2, 0.25) is 0 Å². The summed E-state index contributed by atoms with van der Waals surface area (Å²) < 4.78 is 12.8. The average Bonchev–Trinajstić information content (AvgIpc) is 3.12. The number of methoxy groups -OCH3 is 1. The largest absolute Gasteiger partial charge is 0.398 e. The molecule has 0 amide bonds. The van der Waals surface area contributed by atoms with E-state index >= 15 is 0 Å². The molecular formula is C14H19N5O2. The van der Waals surface area contributed by atoms with Gasteiger partial charge in [0.15, 0.2) is 5.82 Å². The van der Waals surface area contributed by atoms with Gasteiger partial charge in [-0.1, -0.05) is 11.6 Å². The maximum absolute atomic E-state index is 6.06. The van der Waals surface area contributed by atoms with Crippen molar-refractivity contribution < 1.29 is 9.47 Å².